The molecule has 1 heterocycles. The van der Waals surface area contributed by atoms with Crippen molar-refractivity contribution < 1.29 is 14.7 Å². The number of benzene rings is 1. The van der Waals surface area contributed by atoms with Crippen LogP contribution in [0.25, 0.3) is 0 Å². The largest absolute Gasteiger partial charge is 0.392 e. The lowest BCUT2D eigenvalue weighted by atomic mass is 10.1. The lowest BCUT2D eigenvalue weighted by Gasteiger charge is -2.20. The Kier molecular flexibility index (Phi) is 6.40. The highest BCUT2D eigenvalue weighted by molar-refractivity contribution is 5.79. The molecule has 0 saturated carbocycles. The molecule has 1 fully saturated rings. The Morgan fingerprint density at radius 2 is 2.05 bits per heavy atom. The second-order valence-corrected chi connectivity index (χ2v) is 5.70. The maximum absolute atomic E-state index is 11.9. The van der Waals surface area contributed by atoms with Crippen molar-refractivity contribution >= 4 is 11.8 Å². The van der Waals surface area contributed by atoms with E-state index in [0.29, 0.717) is 25.9 Å². The van der Waals surface area contributed by atoms with E-state index in [1.807, 2.05) is 24.3 Å². The fourth-order valence-corrected chi connectivity index (χ4v) is 2.64. The summed E-state index contributed by atoms with van der Waals surface area (Å²) >= 11 is 0. The minimum atomic E-state index is -0.0496. The molecule has 5 nitrogen and oxygen atoms in total. The van der Waals surface area contributed by atoms with Crippen LogP contribution in [0, 0.1) is 0 Å². The third-order valence-electron chi connectivity index (χ3n) is 3.94. The zero-order chi connectivity index (χ0) is 15.8. The fraction of sp³-hybridized carbons (Fsp3) is 0.529. The number of aliphatic hydroxyl groups is 1. The van der Waals surface area contributed by atoms with Gasteiger partial charge in [0.15, 0.2) is 0 Å². The van der Waals surface area contributed by atoms with Crippen LogP contribution in [0.4, 0.5) is 0 Å². The predicted molar refractivity (Wildman–Crippen MR) is 83.9 cm³/mol. The summed E-state index contributed by atoms with van der Waals surface area (Å²) in [5.74, 6) is 0.118. The van der Waals surface area contributed by atoms with Crippen LogP contribution in [-0.2, 0) is 22.7 Å². The molecule has 1 aliphatic rings. The van der Waals surface area contributed by atoms with Gasteiger partial charge in [0.25, 0.3) is 0 Å². The van der Waals surface area contributed by atoms with Gasteiger partial charge in [0.2, 0.25) is 11.8 Å². The van der Waals surface area contributed by atoms with Crippen molar-refractivity contribution in [1.29, 1.82) is 0 Å². The van der Waals surface area contributed by atoms with Gasteiger partial charge in [-0.2, -0.15) is 0 Å². The SMILES string of the molecule is O=C(CCN1CCCCCC1=O)NCc1cccc(CO)c1. The van der Waals surface area contributed by atoms with Gasteiger partial charge in [-0.25, -0.2) is 0 Å². The summed E-state index contributed by atoms with van der Waals surface area (Å²) in [6.07, 6.45) is 4.03. The maximum Gasteiger partial charge on any atom is 0.222 e. The molecule has 0 atom stereocenters. The van der Waals surface area contributed by atoms with Crippen LogP contribution < -0.4 is 5.32 Å². The highest BCUT2D eigenvalue weighted by Gasteiger charge is 2.17. The molecule has 0 spiro atoms. The molecule has 0 bridgehead atoms. The fourth-order valence-electron chi connectivity index (χ4n) is 2.64. The van der Waals surface area contributed by atoms with Crippen molar-refractivity contribution in [2.45, 2.75) is 45.3 Å². The van der Waals surface area contributed by atoms with E-state index in [1.54, 1.807) is 4.90 Å². The molecule has 120 valence electrons. The van der Waals surface area contributed by atoms with Crippen LogP contribution in [0.1, 0.15) is 43.2 Å². The summed E-state index contributed by atoms with van der Waals surface area (Å²) in [7, 11) is 0. The van der Waals surface area contributed by atoms with E-state index < -0.39 is 0 Å². The zero-order valence-corrected chi connectivity index (χ0v) is 12.9. The molecule has 1 aromatic carbocycles. The van der Waals surface area contributed by atoms with Crippen molar-refractivity contribution in [2.75, 3.05) is 13.1 Å². The Bertz CT molecular complexity index is 516. The number of likely N-dealkylation sites (tertiary alicyclic amines) is 1. The quantitative estimate of drug-likeness (QED) is 0.838. The molecular formula is C17H24N2O3. The smallest absolute Gasteiger partial charge is 0.222 e. The first-order valence-electron chi connectivity index (χ1n) is 7.92. The van der Waals surface area contributed by atoms with Gasteiger partial charge < -0.3 is 15.3 Å². The number of nitrogens with one attached hydrogen (secondary N) is 1. The highest BCUT2D eigenvalue weighted by atomic mass is 16.3. The van der Waals surface area contributed by atoms with Crippen molar-refractivity contribution in [1.82, 2.24) is 10.2 Å². The number of aliphatic hydroxyl groups excluding tert-OH is 1. The number of amides is 2. The van der Waals surface area contributed by atoms with Gasteiger partial charge in [0, 0.05) is 32.5 Å². The zero-order valence-electron chi connectivity index (χ0n) is 12.9. The minimum absolute atomic E-state index is 0.00113. The number of nitrogens with zero attached hydrogens (tertiary/aromatic N) is 1. The first kappa shape index (κ1) is 16.5. The molecule has 1 saturated heterocycles. The van der Waals surface area contributed by atoms with Gasteiger partial charge in [-0.05, 0) is 24.0 Å². The number of hydrogen-bond acceptors (Lipinski definition) is 3. The molecule has 0 unspecified atom stereocenters. The minimum Gasteiger partial charge on any atom is -0.392 e. The molecule has 2 N–H and O–H groups in total. The topological polar surface area (TPSA) is 69.6 Å². The lowest BCUT2D eigenvalue weighted by molar-refractivity contribution is -0.131. The lowest BCUT2D eigenvalue weighted by Crippen LogP contribution is -2.34. The molecule has 1 aromatic rings. The molecule has 0 aromatic heterocycles. The van der Waals surface area contributed by atoms with Crippen LogP contribution >= 0.6 is 0 Å². The molecule has 1 aliphatic heterocycles. The Morgan fingerprint density at radius 1 is 1.23 bits per heavy atom. The first-order valence-corrected chi connectivity index (χ1v) is 7.92. The monoisotopic (exact) mass is 304 g/mol. The first-order chi connectivity index (χ1) is 10.7. The van der Waals surface area contributed by atoms with E-state index in [-0.39, 0.29) is 18.4 Å². The number of carbonyl (C=O) groups is 2. The average Bonchev–Trinajstić information content (AvgIpc) is 2.75. The average molecular weight is 304 g/mol. The van der Waals surface area contributed by atoms with Crippen LogP contribution in [0.2, 0.25) is 0 Å². The van der Waals surface area contributed by atoms with Crippen molar-refractivity contribution in [3.8, 4) is 0 Å². The molecule has 2 amide bonds. The summed E-state index contributed by atoms with van der Waals surface area (Å²) in [6.45, 7) is 1.71. The van der Waals surface area contributed by atoms with Gasteiger partial charge in [0.1, 0.15) is 0 Å². The van der Waals surface area contributed by atoms with E-state index in [1.165, 1.54) is 0 Å². The Hall–Kier alpha value is -1.88. The summed E-state index contributed by atoms with van der Waals surface area (Å²) in [6, 6.07) is 7.50. The van der Waals surface area contributed by atoms with Crippen LogP contribution in [0.5, 0.6) is 0 Å². The predicted octanol–water partition coefficient (Wildman–Crippen LogP) is 1.59. The molecule has 0 aliphatic carbocycles. The van der Waals surface area contributed by atoms with Gasteiger partial charge in [-0.1, -0.05) is 30.7 Å². The van der Waals surface area contributed by atoms with E-state index in [2.05, 4.69) is 5.32 Å². The second-order valence-electron chi connectivity index (χ2n) is 5.70. The van der Waals surface area contributed by atoms with E-state index in [4.69, 9.17) is 5.11 Å². The number of rotatable bonds is 6. The number of carbonyl (C=O) groups excluding carboxylic acids is 2. The Morgan fingerprint density at radius 3 is 2.86 bits per heavy atom. The van der Waals surface area contributed by atoms with E-state index >= 15 is 0 Å². The molecule has 0 radical (unpaired) electrons. The van der Waals surface area contributed by atoms with Crippen molar-refractivity contribution in [3.63, 3.8) is 0 Å². The van der Waals surface area contributed by atoms with Crippen molar-refractivity contribution in [2.24, 2.45) is 0 Å². The summed E-state index contributed by atoms with van der Waals surface area (Å²) in [5, 5.41) is 12.0. The van der Waals surface area contributed by atoms with E-state index in [0.717, 1.165) is 36.9 Å². The molecule has 5 heteroatoms. The van der Waals surface area contributed by atoms with Gasteiger partial charge >= 0.3 is 0 Å². The Balaban J connectivity index is 1.74. The van der Waals surface area contributed by atoms with Gasteiger partial charge in [0.05, 0.1) is 6.61 Å². The van der Waals surface area contributed by atoms with Gasteiger partial charge in [-0.3, -0.25) is 9.59 Å². The molecule has 22 heavy (non-hydrogen) atoms. The third kappa shape index (κ3) is 5.15. The standard InChI is InChI=1S/C17H24N2O3/c20-13-15-6-4-5-14(11-15)12-18-16(21)8-10-19-9-3-1-2-7-17(19)22/h4-6,11,20H,1-3,7-10,12-13H2,(H,18,21). The molecular weight excluding hydrogens is 280 g/mol. The third-order valence-corrected chi connectivity index (χ3v) is 3.94. The van der Waals surface area contributed by atoms with Crippen molar-refractivity contribution in [3.05, 3.63) is 35.4 Å². The van der Waals surface area contributed by atoms with Gasteiger partial charge in [-0.15, -0.1) is 0 Å². The van der Waals surface area contributed by atoms with Crippen LogP contribution in [-0.4, -0.2) is 34.9 Å². The number of hydrogen-bond donors (Lipinski definition) is 2. The summed E-state index contributed by atoms with van der Waals surface area (Å²) < 4.78 is 0. The summed E-state index contributed by atoms with van der Waals surface area (Å²) in [5.41, 5.74) is 1.80. The van der Waals surface area contributed by atoms with Crippen LogP contribution in [0.3, 0.4) is 0 Å². The van der Waals surface area contributed by atoms with E-state index in [9.17, 15) is 9.59 Å². The van der Waals surface area contributed by atoms with Crippen LogP contribution in [0.15, 0.2) is 24.3 Å². The summed E-state index contributed by atoms with van der Waals surface area (Å²) in [4.78, 5) is 25.6. The molecule has 2 rings (SSSR count). The second kappa shape index (κ2) is 8.54. The normalized spacial score (nSPS) is 15.5. The highest BCUT2D eigenvalue weighted by Crippen LogP contribution is 2.11. The maximum atomic E-state index is 11.9. The Labute approximate surface area is 131 Å².